The number of nitrogens with zero attached hydrogens (tertiary/aromatic N) is 3. The first-order valence-corrected chi connectivity index (χ1v) is 5.27. The van der Waals surface area contributed by atoms with Gasteiger partial charge in [-0.1, -0.05) is 16.8 Å². The van der Waals surface area contributed by atoms with Gasteiger partial charge in [-0.2, -0.15) is 0 Å². The normalized spacial score (nSPS) is 14.9. The van der Waals surface area contributed by atoms with Crippen molar-refractivity contribution < 1.29 is 0 Å². The first-order chi connectivity index (χ1) is 7.84. The van der Waals surface area contributed by atoms with Crippen LogP contribution in [0.25, 0.3) is 11.0 Å². The van der Waals surface area contributed by atoms with Crippen LogP contribution in [0.2, 0.25) is 5.02 Å². The van der Waals surface area contributed by atoms with Crippen molar-refractivity contribution >= 4 is 34.3 Å². The fourth-order valence-corrected chi connectivity index (χ4v) is 1.81. The molecule has 1 aliphatic heterocycles. The number of halogens is 1. The molecule has 3 rings (SSSR count). The lowest BCUT2D eigenvalue weighted by atomic mass is 10.2. The Morgan fingerprint density at radius 1 is 1.38 bits per heavy atom. The average molecular weight is 237 g/mol. The maximum Gasteiger partial charge on any atom is 0.196 e. The Labute approximate surface area is 96.1 Å². The minimum Gasteiger partial charge on any atom is -0.354 e. The fourth-order valence-electron chi connectivity index (χ4n) is 1.61. The standard InChI is InChI=1S/C9H9ClN6/c10-5-1-2-6-8(15-16-14-6)7(5)13-9-11-3-4-12-9/h1-2H,3-4H2,(H2,11,12,13)(H,14,15,16). The first kappa shape index (κ1) is 9.41. The highest BCUT2D eigenvalue weighted by molar-refractivity contribution is 6.35. The lowest BCUT2D eigenvalue weighted by Crippen LogP contribution is -2.26. The number of H-pyrrole nitrogens is 1. The molecule has 0 fully saturated rings. The molecule has 16 heavy (non-hydrogen) atoms. The first-order valence-electron chi connectivity index (χ1n) is 4.89. The molecule has 1 aromatic heterocycles. The Hall–Kier alpha value is -1.82. The number of guanidine groups is 1. The van der Waals surface area contributed by atoms with E-state index in [0.29, 0.717) is 10.5 Å². The Morgan fingerprint density at radius 3 is 3.12 bits per heavy atom. The van der Waals surface area contributed by atoms with Gasteiger partial charge in [0.15, 0.2) is 5.96 Å². The van der Waals surface area contributed by atoms with Gasteiger partial charge < -0.3 is 10.6 Å². The molecule has 3 N–H and O–H groups in total. The molecule has 0 saturated heterocycles. The number of benzene rings is 1. The van der Waals surface area contributed by atoms with E-state index >= 15 is 0 Å². The van der Waals surface area contributed by atoms with Crippen LogP contribution in [0.5, 0.6) is 0 Å². The summed E-state index contributed by atoms with van der Waals surface area (Å²) in [6.07, 6.45) is 0. The second-order valence-electron chi connectivity index (χ2n) is 3.41. The molecule has 7 heteroatoms. The van der Waals surface area contributed by atoms with Crippen molar-refractivity contribution in [3.05, 3.63) is 17.2 Å². The minimum atomic E-state index is 0.595. The summed E-state index contributed by atoms with van der Waals surface area (Å²) < 4.78 is 0. The van der Waals surface area contributed by atoms with Crippen molar-refractivity contribution in [1.82, 2.24) is 20.7 Å². The number of aromatic nitrogens is 3. The van der Waals surface area contributed by atoms with Crippen molar-refractivity contribution in [2.75, 3.05) is 18.4 Å². The number of aliphatic imine (C=N–C) groups is 1. The number of hydrogen-bond donors (Lipinski definition) is 3. The van der Waals surface area contributed by atoms with Gasteiger partial charge in [-0.25, -0.2) is 0 Å². The van der Waals surface area contributed by atoms with E-state index in [0.717, 1.165) is 30.3 Å². The average Bonchev–Trinajstić information content (AvgIpc) is 2.92. The molecule has 0 amide bonds. The third kappa shape index (κ3) is 1.47. The van der Waals surface area contributed by atoms with E-state index < -0.39 is 0 Å². The molecule has 0 radical (unpaired) electrons. The maximum absolute atomic E-state index is 6.11. The molecular formula is C9H9ClN6. The third-order valence-electron chi connectivity index (χ3n) is 2.37. The fraction of sp³-hybridized carbons (Fsp3) is 0.222. The van der Waals surface area contributed by atoms with Crippen LogP contribution in [0.3, 0.4) is 0 Å². The summed E-state index contributed by atoms with van der Waals surface area (Å²) in [6, 6.07) is 3.63. The van der Waals surface area contributed by atoms with Crippen molar-refractivity contribution in [2.45, 2.75) is 0 Å². The quantitative estimate of drug-likeness (QED) is 0.690. The van der Waals surface area contributed by atoms with Gasteiger partial charge >= 0.3 is 0 Å². The van der Waals surface area contributed by atoms with Crippen molar-refractivity contribution in [2.24, 2.45) is 4.99 Å². The molecule has 1 aromatic carbocycles. The van der Waals surface area contributed by atoms with Crippen molar-refractivity contribution in [3.63, 3.8) is 0 Å². The summed E-state index contributed by atoms with van der Waals surface area (Å²) in [5, 5.41) is 17.4. The van der Waals surface area contributed by atoms with Gasteiger partial charge in [-0.3, -0.25) is 10.1 Å². The van der Waals surface area contributed by atoms with Crippen LogP contribution in [-0.4, -0.2) is 34.5 Å². The molecule has 0 atom stereocenters. The smallest absolute Gasteiger partial charge is 0.196 e. The second-order valence-corrected chi connectivity index (χ2v) is 3.82. The van der Waals surface area contributed by atoms with E-state index in [4.69, 9.17) is 11.6 Å². The number of nitrogens with one attached hydrogen (secondary N) is 3. The zero-order chi connectivity index (χ0) is 11.0. The van der Waals surface area contributed by atoms with E-state index in [1.807, 2.05) is 6.07 Å². The lowest BCUT2D eigenvalue weighted by molar-refractivity contribution is 0.957. The van der Waals surface area contributed by atoms with Gasteiger partial charge in [0.05, 0.1) is 22.8 Å². The monoisotopic (exact) mass is 236 g/mol. The van der Waals surface area contributed by atoms with Gasteiger partial charge in [0.25, 0.3) is 0 Å². The second kappa shape index (κ2) is 3.64. The minimum absolute atomic E-state index is 0.595. The predicted octanol–water partition coefficient (Wildman–Crippen LogP) is 0.982. The summed E-state index contributed by atoms with van der Waals surface area (Å²) in [6.45, 7) is 1.61. The molecule has 2 aromatic rings. The van der Waals surface area contributed by atoms with Crippen LogP contribution in [0.4, 0.5) is 5.69 Å². The number of anilines is 1. The highest BCUT2D eigenvalue weighted by Crippen LogP contribution is 2.28. The van der Waals surface area contributed by atoms with E-state index in [2.05, 4.69) is 31.0 Å². The molecular weight excluding hydrogens is 228 g/mol. The summed E-state index contributed by atoms with van der Waals surface area (Å²) in [5.41, 5.74) is 2.27. The molecule has 0 aliphatic carbocycles. The number of rotatable bonds is 1. The van der Waals surface area contributed by atoms with Gasteiger partial charge in [-0.15, -0.1) is 5.10 Å². The molecule has 0 unspecified atom stereocenters. The van der Waals surface area contributed by atoms with Gasteiger partial charge in [-0.05, 0) is 12.1 Å². The highest BCUT2D eigenvalue weighted by Gasteiger charge is 2.12. The van der Waals surface area contributed by atoms with Crippen LogP contribution in [0.1, 0.15) is 0 Å². The Balaban J connectivity index is 2.06. The summed E-state index contributed by atoms with van der Waals surface area (Å²) in [4.78, 5) is 4.24. The zero-order valence-corrected chi connectivity index (χ0v) is 9.04. The number of aromatic amines is 1. The Kier molecular flexibility index (Phi) is 2.14. The molecule has 0 spiro atoms. The number of fused-ring (bicyclic) bond motifs is 1. The third-order valence-corrected chi connectivity index (χ3v) is 2.68. The molecule has 1 aliphatic rings. The van der Waals surface area contributed by atoms with Crippen molar-refractivity contribution in [3.8, 4) is 0 Å². The van der Waals surface area contributed by atoms with E-state index in [9.17, 15) is 0 Å². The largest absolute Gasteiger partial charge is 0.354 e. The maximum atomic E-state index is 6.11. The highest BCUT2D eigenvalue weighted by atomic mass is 35.5. The summed E-state index contributed by atoms with van der Waals surface area (Å²) >= 11 is 6.11. The topological polar surface area (TPSA) is 78.0 Å². The SMILES string of the molecule is Clc1ccc2[nH]nnc2c1NC1=NCCN1. The van der Waals surface area contributed by atoms with Gasteiger partial charge in [0, 0.05) is 6.54 Å². The summed E-state index contributed by atoms with van der Waals surface area (Å²) in [7, 11) is 0. The molecule has 2 heterocycles. The van der Waals surface area contributed by atoms with Crippen molar-refractivity contribution in [1.29, 1.82) is 0 Å². The van der Waals surface area contributed by atoms with Gasteiger partial charge in [0.1, 0.15) is 5.52 Å². The summed E-state index contributed by atoms with van der Waals surface area (Å²) in [5.74, 6) is 0.720. The lowest BCUT2D eigenvalue weighted by Gasteiger charge is -2.08. The van der Waals surface area contributed by atoms with E-state index in [1.165, 1.54) is 0 Å². The van der Waals surface area contributed by atoms with Crippen LogP contribution < -0.4 is 10.6 Å². The Morgan fingerprint density at radius 2 is 2.31 bits per heavy atom. The van der Waals surface area contributed by atoms with Gasteiger partial charge in [0.2, 0.25) is 0 Å². The van der Waals surface area contributed by atoms with Crippen LogP contribution in [-0.2, 0) is 0 Å². The van der Waals surface area contributed by atoms with Crippen LogP contribution in [0.15, 0.2) is 17.1 Å². The molecule has 6 nitrogen and oxygen atoms in total. The van der Waals surface area contributed by atoms with E-state index in [1.54, 1.807) is 6.07 Å². The van der Waals surface area contributed by atoms with Crippen LogP contribution >= 0.6 is 11.6 Å². The number of hydrogen-bond acceptors (Lipinski definition) is 5. The molecule has 0 bridgehead atoms. The molecule has 0 saturated carbocycles. The molecule has 82 valence electrons. The van der Waals surface area contributed by atoms with E-state index in [-0.39, 0.29) is 0 Å². The zero-order valence-electron chi connectivity index (χ0n) is 8.29. The Bertz CT molecular complexity index is 560. The van der Waals surface area contributed by atoms with Crippen LogP contribution in [0, 0.1) is 0 Å². The predicted molar refractivity (Wildman–Crippen MR) is 62.8 cm³/mol.